The fourth-order valence-electron chi connectivity index (χ4n) is 7.86. The zero-order valence-corrected chi connectivity index (χ0v) is 26.2. The lowest BCUT2D eigenvalue weighted by Crippen LogP contribution is -2.11. The normalized spacial score (nSPS) is 11.8. The van der Waals surface area contributed by atoms with E-state index in [1.165, 1.54) is 70.9 Å². The van der Waals surface area contributed by atoms with Gasteiger partial charge in [0.25, 0.3) is 0 Å². The maximum atomic E-state index is 2.45. The fraction of sp³-hybridized carbons (Fsp3) is 0. The second kappa shape index (κ2) is 10.6. The number of hydrogen-bond acceptors (Lipinski definition) is 1. The molecule has 9 aromatic carbocycles. The molecule has 0 unspecified atom stereocenters. The summed E-state index contributed by atoms with van der Waals surface area (Å²) in [7, 11) is 0. The minimum Gasteiger partial charge on any atom is -0.309 e. The summed E-state index contributed by atoms with van der Waals surface area (Å²) in [5, 5.41) is 10.1. The number of fused-ring (bicyclic) bond motifs is 3. The van der Waals surface area contributed by atoms with Crippen LogP contribution in [-0.4, -0.2) is 4.57 Å². The third-order valence-electron chi connectivity index (χ3n) is 9.92. The fourth-order valence-corrected chi connectivity index (χ4v) is 7.86. The molecule has 10 rings (SSSR count). The first-order chi connectivity index (χ1) is 23.8. The van der Waals surface area contributed by atoms with E-state index in [1.54, 1.807) is 0 Å². The number of hydrogen-bond donors (Lipinski definition) is 0. The lowest BCUT2D eigenvalue weighted by atomic mass is 9.92. The van der Waals surface area contributed by atoms with Gasteiger partial charge in [-0.15, -0.1) is 0 Å². The van der Waals surface area contributed by atoms with E-state index in [-0.39, 0.29) is 0 Å². The van der Waals surface area contributed by atoms with Gasteiger partial charge in [-0.1, -0.05) is 140 Å². The zero-order chi connectivity index (χ0) is 31.6. The topological polar surface area (TPSA) is 8.17 Å². The molecule has 0 N–H and O–H groups in total. The van der Waals surface area contributed by atoms with Crippen LogP contribution in [0.2, 0.25) is 0 Å². The van der Waals surface area contributed by atoms with Crippen LogP contribution in [0, 0.1) is 0 Å². The van der Waals surface area contributed by atoms with Gasteiger partial charge in [0.2, 0.25) is 0 Å². The molecule has 0 aliphatic carbocycles. The van der Waals surface area contributed by atoms with Crippen molar-refractivity contribution in [3.63, 3.8) is 0 Å². The molecule has 0 spiro atoms. The van der Waals surface area contributed by atoms with Crippen molar-refractivity contribution < 1.29 is 0 Å². The molecule has 0 saturated heterocycles. The van der Waals surface area contributed by atoms with Crippen molar-refractivity contribution in [3.05, 3.63) is 182 Å². The summed E-state index contributed by atoms with van der Waals surface area (Å²) in [5.74, 6) is 0. The lowest BCUT2D eigenvalue weighted by molar-refractivity contribution is 1.20. The van der Waals surface area contributed by atoms with E-state index in [1.807, 2.05) is 0 Å². The van der Waals surface area contributed by atoms with Gasteiger partial charge in [-0.3, -0.25) is 0 Å². The molecule has 0 aliphatic rings. The first kappa shape index (κ1) is 26.8. The van der Waals surface area contributed by atoms with E-state index in [4.69, 9.17) is 0 Å². The van der Waals surface area contributed by atoms with E-state index in [0.717, 1.165) is 17.1 Å². The van der Waals surface area contributed by atoms with Gasteiger partial charge in [0.05, 0.1) is 28.1 Å². The predicted octanol–water partition coefficient (Wildman–Crippen LogP) is 12.8. The van der Waals surface area contributed by atoms with Crippen molar-refractivity contribution in [1.82, 2.24) is 4.57 Å². The minimum absolute atomic E-state index is 1.13. The van der Waals surface area contributed by atoms with Crippen molar-refractivity contribution in [2.45, 2.75) is 0 Å². The summed E-state index contributed by atoms with van der Waals surface area (Å²) in [6.07, 6.45) is 0. The zero-order valence-electron chi connectivity index (χ0n) is 26.2. The Labute approximate surface area is 278 Å². The van der Waals surface area contributed by atoms with Crippen molar-refractivity contribution >= 4 is 71.2 Å². The molecule has 0 atom stereocenters. The van der Waals surface area contributed by atoms with Gasteiger partial charge < -0.3 is 9.47 Å². The highest BCUT2D eigenvalue weighted by Crippen LogP contribution is 2.47. The summed E-state index contributed by atoms with van der Waals surface area (Å²) in [4.78, 5) is 2.43. The van der Waals surface area contributed by atoms with Crippen LogP contribution in [0.5, 0.6) is 0 Å². The lowest BCUT2D eigenvalue weighted by Gasteiger charge is -2.29. The molecule has 224 valence electrons. The van der Waals surface area contributed by atoms with Gasteiger partial charge >= 0.3 is 0 Å². The Kier molecular flexibility index (Phi) is 5.91. The smallest absolute Gasteiger partial charge is 0.0541 e. The highest BCUT2D eigenvalue weighted by molar-refractivity contribution is 6.27. The monoisotopic (exact) mass is 610 g/mol. The molecule has 48 heavy (non-hydrogen) atoms. The predicted molar refractivity (Wildman–Crippen MR) is 205 cm³/mol. The molecule has 1 aromatic heterocycles. The summed E-state index contributed by atoms with van der Waals surface area (Å²) >= 11 is 0. The maximum absolute atomic E-state index is 2.45. The third kappa shape index (κ3) is 3.93. The van der Waals surface area contributed by atoms with E-state index < -0.39 is 0 Å². The van der Waals surface area contributed by atoms with Gasteiger partial charge in [0.15, 0.2) is 0 Å². The molecule has 0 fully saturated rings. The molecule has 0 bridgehead atoms. The molecule has 2 nitrogen and oxygen atoms in total. The van der Waals surface area contributed by atoms with Crippen molar-refractivity contribution in [3.8, 4) is 16.8 Å². The second-order valence-electron chi connectivity index (χ2n) is 12.5. The summed E-state index contributed by atoms with van der Waals surface area (Å²) in [6, 6.07) is 66.2. The Morgan fingerprint density at radius 2 is 0.896 bits per heavy atom. The quantitative estimate of drug-likeness (QED) is 0.176. The van der Waals surface area contributed by atoms with Gasteiger partial charge in [0, 0.05) is 32.8 Å². The molecule has 2 heteroatoms. The van der Waals surface area contributed by atoms with E-state index >= 15 is 0 Å². The largest absolute Gasteiger partial charge is 0.309 e. The molecule has 0 saturated carbocycles. The number of benzene rings is 9. The molecule has 10 aromatic rings. The number of anilines is 3. The van der Waals surface area contributed by atoms with Crippen molar-refractivity contribution in [1.29, 1.82) is 0 Å². The first-order valence-corrected chi connectivity index (χ1v) is 16.5. The SMILES string of the molecule is c1ccc(-c2ccccc2N(c2ccccc2)c2ccc3ccc4c(-n5c6ccccc6c6ccccc65)ccc5ccc2c3c54)cc1. The van der Waals surface area contributed by atoms with E-state index in [0.29, 0.717) is 0 Å². The number of para-hydroxylation sites is 4. The summed E-state index contributed by atoms with van der Waals surface area (Å²) in [6.45, 7) is 0. The van der Waals surface area contributed by atoms with Gasteiger partial charge in [-0.2, -0.15) is 0 Å². The standard InChI is InChI=1S/C46H30N2/c1-3-13-31(14-4-1)35-17-7-10-20-40(35)47(34-15-5-2-6-16-34)43-29-25-32-24-28-39-44(30-26-33-23-27-38(43)45(32)46(33)39)48-41-21-11-8-18-36(41)37-19-9-12-22-42(37)48/h1-30H. The first-order valence-electron chi connectivity index (χ1n) is 16.5. The Morgan fingerprint density at radius 3 is 1.62 bits per heavy atom. The average Bonchev–Trinajstić information content (AvgIpc) is 3.49. The highest BCUT2D eigenvalue weighted by atomic mass is 15.1. The van der Waals surface area contributed by atoms with Crippen LogP contribution >= 0.6 is 0 Å². The Morgan fingerprint density at radius 1 is 0.354 bits per heavy atom. The Bertz CT molecular complexity index is 2720. The van der Waals surface area contributed by atoms with Crippen LogP contribution in [0.3, 0.4) is 0 Å². The minimum atomic E-state index is 1.13. The molecular weight excluding hydrogens is 581 g/mol. The van der Waals surface area contributed by atoms with E-state index in [9.17, 15) is 0 Å². The third-order valence-corrected chi connectivity index (χ3v) is 9.92. The Hall–Kier alpha value is -6.38. The molecule has 0 aliphatic heterocycles. The molecule has 0 amide bonds. The van der Waals surface area contributed by atoms with Crippen LogP contribution < -0.4 is 4.90 Å². The summed E-state index contributed by atoms with van der Waals surface area (Å²) in [5.41, 5.74) is 9.48. The summed E-state index contributed by atoms with van der Waals surface area (Å²) < 4.78 is 2.45. The van der Waals surface area contributed by atoms with Crippen LogP contribution in [0.15, 0.2) is 182 Å². The van der Waals surface area contributed by atoms with Crippen LogP contribution in [0.25, 0.3) is 70.9 Å². The van der Waals surface area contributed by atoms with Gasteiger partial charge in [-0.05, 0) is 69.6 Å². The van der Waals surface area contributed by atoms with Gasteiger partial charge in [0.1, 0.15) is 0 Å². The van der Waals surface area contributed by atoms with Crippen LogP contribution in [-0.2, 0) is 0 Å². The van der Waals surface area contributed by atoms with Crippen molar-refractivity contribution in [2.75, 3.05) is 4.90 Å². The average molecular weight is 611 g/mol. The van der Waals surface area contributed by atoms with Crippen LogP contribution in [0.4, 0.5) is 17.1 Å². The van der Waals surface area contributed by atoms with Crippen LogP contribution in [0.1, 0.15) is 0 Å². The Balaban J connectivity index is 1.28. The van der Waals surface area contributed by atoms with Crippen molar-refractivity contribution in [2.24, 2.45) is 0 Å². The van der Waals surface area contributed by atoms with Gasteiger partial charge in [-0.25, -0.2) is 0 Å². The molecular formula is C46H30N2. The number of nitrogens with zero attached hydrogens (tertiary/aromatic N) is 2. The molecule has 0 radical (unpaired) electrons. The highest BCUT2D eigenvalue weighted by Gasteiger charge is 2.22. The maximum Gasteiger partial charge on any atom is 0.0541 e. The number of aromatic nitrogens is 1. The number of rotatable bonds is 5. The second-order valence-corrected chi connectivity index (χ2v) is 12.5. The van der Waals surface area contributed by atoms with E-state index in [2.05, 4.69) is 191 Å². The molecule has 1 heterocycles.